The Bertz CT molecular complexity index is 652. The number of nitrogens with zero attached hydrogens (tertiary/aromatic N) is 2. The van der Waals surface area contributed by atoms with E-state index in [9.17, 15) is 12.8 Å². The van der Waals surface area contributed by atoms with Gasteiger partial charge in [0.2, 0.25) is 21.8 Å². The summed E-state index contributed by atoms with van der Waals surface area (Å²) < 4.78 is 43.9. The molecule has 0 bridgehead atoms. The second-order valence-electron chi connectivity index (χ2n) is 3.82. The first-order chi connectivity index (χ1) is 8.97. The summed E-state index contributed by atoms with van der Waals surface area (Å²) in [4.78, 5) is 0.00982. The van der Waals surface area contributed by atoms with Crippen LogP contribution in [0.1, 0.15) is 11.8 Å². The normalized spacial score (nSPS) is 11.7. The Morgan fingerprint density at radius 2 is 1.95 bits per heavy atom. The van der Waals surface area contributed by atoms with Crippen LogP contribution in [0.25, 0.3) is 0 Å². The van der Waals surface area contributed by atoms with Crippen LogP contribution in [0.3, 0.4) is 0 Å². The van der Waals surface area contributed by atoms with Crippen LogP contribution >= 0.6 is 0 Å². The number of hydrogen-bond acceptors (Lipinski definition) is 5. The zero-order valence-electron chi connectivity index (χ0n) is 10.1. The van der Waals surface area contributed by atoms with E-state index in [1.54, 1.807) is 6.92 Å². The number of aryl methyl sites for hydroxylation is 1. The average molecular weight is 285 g/mol. The highest BCUT2D eigenvalue weighted by Gasteiger charge is 2.13. The van der Waals surface area contributed by atoms with Crippen molar-refractivity contribution in [1.29, 1.82) is 0 Å². The summed E-state index contributed by atoms with van der Waals surface area (Å²) in [5, 5.41) is 7.38. The number of hydrogen-bond donors (Lipinski definition) is 1. The molecular weight excluding hydrogens is 273 g/mol. The summed E-state index contributed by atoms with van der Waals surface area (Å²) in [6.45, 7) is 1.78. The van der Waals surface area contributed by atoms with E-state index in [4.69, 9.17) is 4.42 Å². The molecule has 0 spiro atoms. The van der Waals surface area contributed by atoms with Crippen LogP contribution in [0.15, 0.2) is 33.6 Å². The molecule has 0 radical (unpaired) electrons. The van der Waals surface area contributed by atoms with Crippen LogP contribution in [0, 0.1) is 12.7 Å². The molecule has 1 aromatic carbocycles. The zero-order chi connectivity index (χ0) is 13.9. The van der Waals surface area contributed by atoms with Gasteiger partial charge in [0.1, 0.15) is 5.82 Å². The van der Waals surface area contributed by atoms with Gasteiger partial charge in [-0.1, -0.05) is 0 Å². The van der Waals surface area contributed by atoms with Crippen molar-refractivity contribution in [2.45, 2.75) is 18.2 Å². The maximum absolute atomic E-state index is 12.7. The van der Waals surface area contributed by atoms with Gasteiger partial charge >= 0.3 is 0 Å². The van der Waals surface area contributed by atoms with E-state index in [1.807, 2.05) is 0 Å². The minimum absolute atomic E-state index is 0.00982. The molecule has 8 heteroatoms. The molecule has 2 aromatic rings. The largest absolute Gasteiger partial charge is 0.426 e. The molecule has 1 N–H and O–H groups in total. The van der Waals surface area contributed by atoms with Gasteiger partial charge < -0.3 is 4.42 Å². The monoisotopic (exact) mass is 285 g/mol. The van der Waals surface area contributed by atoms with E-state index >= 15 is 0 Å². The number of nitrogens with one attached hydrogen (secondary N) is 1. The number of aromatic nitrogens is 2. The van der Waals surface area contributed by atoms with Crippen LogP contribution in [-0.4, -0.2) is 25.2 Å². The van der Waals surface area contributed by atoms with Gasteiger partial charge in [-0.15, -0.1) is 10.2 Å². The number of sulfonamides is 1. The van der Waals surface area contributed by atoms with Crippen molar-refractivity contribution in [2.75, 3.05) is 6.54 Å². The lowest BCUT2D eigenvalue weighted by Crippen LogP contribution is -2.26. The van der Waals surface area contributed by atoms with Crippen molar-refractivity contribution in [1.82, 2.24) is 14.9 Å². The number of rotatable bonds is 5. The lowest BCUT2D eigenvalue weighted by molar-refractivity contribution is 0.466. The maximum Gasteiger partial charge on any atom is 0.240 e. The van der Waals surface area contributed by atoms with Crippen LogP contribution in [-0.2, 0) is 16.4 Å². The van der Waals surface area contributed by atoms with Gasteiger partial charge in [-0.25, -0.2) is 17.5 Å². The predicted octanol–water partition coefficient (Wildman–Crippen LogP) is 1.04. The number of halogens is 1. The quantitative estimate of drug-likeness (QED) is 0.887. The van der Waals surface area contributed by atoms with E-state index in [2.05, 4.69) is 14.9 Å². The van der Waals surface area contributed by atoms with Crippen molar-refractivity contribution >= 4 is 10.0 Å². The molecule has 2 rings (SSSR count). The van der Waals surface area contributed by atoms with Gasteiger partial charge in [0.15, 0.2) is 0 Å². The Morgan fingerprint density at radius 3 is 2.53 bits per heavy atom. The SMILES string of the molecule is Cc1nnc(CCNS(=O)(=O)c2ccc(F)cc2)o1. The summed E-state index contributed by atoms with van der Waals surface area (Å²) in [6.07, 6.45) is 0.293. The van der Waals surface area contributed by atoms with Crippen molar-refractivity contribution in [3.63, 3.8) is 0 Å². The first-order valence-electron chi connectivity index (χ1n) is 5.51. The van der Waals surface area contributed by atoms with Crippen molar-refractivity contribution in [3.8, 4) is 0 Å². The molecule has 0 amide bonds. The fourth-order valence-corrected chi connectivity index (χ4v) is 2.46. The third kappa shape index (κ3) is 3.58. The Hall–Kier alpha value is -1.80. The lowest BCUT2D eigenvalue weighted by atomic mass is 10.4. The van der Waals surface area contributed by atoms with Gasteiger partial charge in [-0.05, 0) is 24.3 Å². The molecule has 0 aliphatic carbocycles. The molecule has 0 atom stereocenters. The lowest BCUT2D eigenvalue weighted by Gasteiger charge is -2.05. The molecule has 0 fully saturated rings. The molecule has 0 saturated heterocycles. The Morgan fingerprint density at radius 1 is 1.26 bits per heavy atom. The number of benzene rings is 1. The van der Waals surface area contributed by atoms with Crippen molar-refractivity contribution < 1.29 is 17.2 Å². The van der Waals surface area contributed by atoms with Gasteiger partial charge in [-0.2, -0.15) is 0 Å². The topological polar surface area (TPSA) is 85.1 Å². The fourth-order valence-electron chi connectivity index (χ4n) is 1.43. The molecule has 0 aliphatic rings. The Labute approximate surface area is 109 Å². The van der Waals surface area contributed by atoms with Crippen molar-refractivity contribution in [3.05, 3.63) is 41.9 Å². The first kappa shape index (κ1) is 13.6. The Kier molecular flexibility index (Phi) is 3.91. The summed E-state index contributed by atoms with van der Waals surface area (Å²) in [7, 11) is -3.65. The van der Waals surface area contributed by atoms with E-state index in [0.29, 0.717) is 18.2 Å². The van der Waals surface area contributed by atoms with Crippen LogP contribution in [0.4, 0.5) is 4.39 Å². The average Bonchev–Trinajstić information content (AvgIpc) is 2.75. The van der Waals surface area contributed by atoms with E-state index in [-0.39, 0.29) is 11.4 Å². The highest BCUT2D eigenvalue weighted by Crippen LogP contribution is 2.09. The highest BCUT2D eigenvalue weighted by atomic mass is 32.2. The summed E-state index contributed by atoms with van der Waals surface area (Å²) >= 11 is 0. The summed E-state index contributed by atoms with van der Waals surface area (Å²) in [5.74, 6) is 0.302. The summed E-state index contributed by atoms with van der Waals surface area (Å²) in [5.41, 5.74) is 0. The highest BCUT2D eigenvalue weighted by molar-refractivity contribution is 7.89. The van der Waals surface area contributed by atoms with Crippen LogP contribution in [0.5, 0.6) is 0 Å². The second kappa shape index (κ2) is 5.45. The smallest absolute Gasteiger partial charge is 0.240 e. The molecule has 6 nitrogen and oxygen atoms in total. The third-order valence-electron chi connectivity index (χ3n) is 2.32. The maximum atomic E-state index is 12.7. The molecule has 0 saturated carbocycles. The summed E-state index contributed by atoms with van der Waals surface area (Å²) in [6, 6.07) is 4.59. The molecule has 0 aliphatic heterocycles. The third-order valence-corrected chi connectivity index (χ3v) is 3.80. The standard InChI is InChI=1S/C11H12FN3O3S/c1-8-14-15-11(18-8)6-7-13-19(16,17)10-4-2-9(12)3-5-10/h2-5,13H,6-7H2,1H3. The van der Waals surface area contributed by atoms with Gasteiger partial charge in [0, 0.05) is 19.9 Å². The predicted molar refractivity (Wildman–Crippen MR) is 64.3 cm³/mol. The van der Waals surface area contributed by atoms with Crippen LogP contribution < -0.4 is 4.72 Å². The minimum Gasteiger partial charge on any atom is -0.426 e. The first-order valence-corrected chi connectivity index (χ1v) is 7.00. The zero-order valence-corrected chi connectivity index (χ0v) is 10.9. The molecule has 1 aromatic heterocycles. The minimum atomic E-state index is -3.65. The van der Waals surface area contributed by atoms with E-state index in [1.165, 1.54) is 12.1 Å². The fraction of sp³-hybridized carbons (Fsp3) is 0.273. The second-order valence-corrected chi connectivity index (χ2v) is 5.58. The molecular formula is C11H12FN3O3S. The van der Waals surface area contributed by atoms with E-state index < -0.39 is 15.8 Å². The van der Waals surface area contributed by atoms with Gasteiger partial charge in [0.25, 0.3) is 0 Å². The molecule has 102 valence electrons. The molecule has 1 heterocycles. The van der Waals surface area contributed by atoms with Crippen LogP contribution in [0.2, 0.25) is 0 Å². The van der Waals surface area contributed by atoms with Crippen molar-refractivity contribution in [2.24, 2.45) is 0 Å². The molecule has 19 heavy (non-hydrogen) atoms. The van der Waals surface area contributed by atoms with Gasteiger partial charge in [-0.3, -0.25) is 0 Å². The van der Waals surface area contributed by atoms with E-state index in [0.717, 1.165) is 12.1 Å². The van der Waals surface area contributed by atoms with Gasteiger partial charge in [0.05, 0.1) is 4.90 Å². The Balaban J connectivity index is 1.96. The molecule has 0 unspecified atom stereocenters.